The topological polar surface area (TPSA) is 49.7 Å². The van der Waals surface area contributed by atoms with Gasteiger partial charge in [-0.25, -0.2) is 0 Å². The average molecular weight is 200 g/mol. The van der Waals surface area contributed by atoms with Gasteiger partial charge in [0.15, 0.2) is 0 Å². The molecule has 0 saturated heterocycles. The Kier molecular flexibility index (Phi) is 2.93. The highest BCUT2D eigenvalue weighted by Crippen LogP contribution is 2.40. The molecule has 1 aliphatic rings. The molecule has 2 atom stereocenters. The van der Waals surface area contributed by atoms with E-state index in [-0.39, 0.29) is 0 Å². The quantitative estimate of drug-likeness (QED) is 0.716. The van der Waals surface area contributed by atoms with Crippen LogP contribution in [0.25, 0.3) is 0 Å². The molecule has 0 aromatic carbocycles. The van der Waals surface area contributed by atoms with Crippen LogP contribution in [0, 0.1) is 0 Å². The first-order valence-electron chi connectivity index (χ1n) is 5.18. The molecule has 3 heteroatoms. The van der Waals surface area contributed by atoms with Crippen molar-refractivity contribution < 1.29 is 14.9 Å². The van der Waals surface area contributed by atoms with E-state index in [9.17, 15) is 10.2 Å². The van der Waals surface area contributed by atoms with Crippen molar-refractivity contribution in [2.24, 2.45) is 0 Å². The molecule has 14 heavy (non-hydrogen) atoms. The van der Waals surface area contributed by atoms with Crippen molar-refractivity contribution in [2.75, 3.05) is 0 Å². The molecule has 0 aromatic heterocycles. The number of ether oxygens (including phenoxy) is 1. The Bertz CT molecular complexity index is 255. The van der Waals surface area contributed by atoms with E-state index in [4.69, 9.17) is 4.74 Å². The van der Waals surface area contributed by atoms with Crippen molar-refractivity contribution >= 4 is 0 Å². The van der Waals surface area contributed by atoms with Crippen LogP contribution in [0.4, 0.5) is 0 Å². The molecule has 0 amide bonds. The van der Waals surface area contributed by atoms with Gasteiger partial charge in [0.25, 0.3) is 0 Å². The molecule has 0 aliphatic carbocycles. The highest BCUT2D eigenvalue weighted by molar-refractivity contribution is 5.16. The fraction of sp³-hybridized carbons (Fsp3) is 0.818. The molecule has 0 fully saturated rings. The molecule has 0 spiro atoms. The van der Waals surface area contributed by atoms with Crippen LogP contribution in [0.15, 0.2) is 11.3 Å². The van der Waals surface area contributed by atoms with Gasteiger partial charge in [-0.2, -0.15) is 0 Å². The first-order chi connectivity index (χ1) is 6.36. The monoisotopic (exact) mass is 200 g/mol. The van der Waals surface area contributed by atoms with Crippen molar-refractivity contribution in [1.29, 1.82) is 0 Å². The molecule has 0 radical (unpaired) electrons. The second-order valence-electron chi connectivity index (χ2n) is 4.25. The van der Waals surface area contributed by atoms with Crippen LogP contribution >= 0.6 is 0 Å². The van der Waals surface area contributed by atoms with Crippen LogP contribution in [0.3, 0.4) is 0 Å². The summed E-state index contributed by atoms with van der Waals surface area (Å²) in [6.07, 6.45) is 1.61. The predicted octanol–water partition coefficient (Wildman–Crippen LogP) is 1.94. The Balaban J connectivity index is 3.03. The Morgan fingerprint density at radius 3 is 2.36 bits per heavy atom. The molecule has 1 aliphatic heterocycles. The smallest absolute Gasteiger partial charge is 0.236 e. The number of allylic oxidation sites excluding steroid dienone is 1. The van der Waals surface area contributed by atoms with Crippen LogP contribution in [-0.4, -0.2) is 21.6 Å². The minimum absolute atomic E-state index is 0.386. The van der Waals surface area contributed by atoms with E-state index in [1.807, 2.05) is 20.8 Å². The van der Waals surface area contributed by atoms with Crippen LogP contribution in [0.2, 0.25) is 0 Å². The Labute approximate surface area is 85.4 Å². The summed E-state index contributed by atoms with van der Waals surface area (Å²) in [4.78, 5) is 0. The van der Waals surface area contributed by atoms with Gasteiger partial charge in [-0.15, -0.1) is 0 Å². The Morgan fingerprint density at radius 2 is 1.93 bits per heavy atom. The van der Waals surface area contributed by atoms with E-state index < -0.39 is 11.4 Å². The van der Waals surface area contributed by atoms with Crippen molar-refractivity contribution in [3.63, 3.8) is 0 Å². The molecule has 0 bridgehead atoms. The van der Waals surface area contributed by atoms with Crippen LogP contribution in [-0.2, 0) is 4.74 Å². The third kappa shape index (κ3) is 1.66. The van der Waals surface area contributed by atoms with E-state index in [0.717, 1.165) is 17.8 Å². The number of hydrogen-bond donors (Lipinski definition) is 2. The Hall–Kier alpha value is -0.540. The minimum Gasteiger partial charge on any atom is -0.464 e. The van der Waals surface area contributed by atoms with E-state index in [1.165, 1.54) is 0 Å². The fourth-order valence-corrected chi connectivity index (χ4v) is 1.98. The molecule has 0 aromatic rings. The van der Waals surface area contributed by atoms with Crippen molar-refractivity contribution in [2.45, 2.75) is 58.3 Å². The maximum atomic E-state index is 10.1. The van der Waals surface area contributed by atoms with E-state index in [1.54, 1.807) is 6.92 Å². The fourth-order valence-electron chi connectivity index (χ4n) is 1.98. The summed E-state index contributed by atoms with van der Waals surface area (Å²) in [5, 5.41) is 20.2. The minimum atomic E-state index is -1.43. The number of rotatable bonds is 2. The van der Waals surface area contributed by atoms with Crippen molar-refractivity contribution in [1.82, 2.24) is 0 Å². The van der Waals surface area contributed by atoms with Gasteiger partial charge in [-0.3, -0.25) is 0 Å². The van der Waals surface area contributed by atoms with Crippen LogP contribution < -0.4 is 0 Å². The number of hydrogen-bond acceptors (Lipinski definition) is 3. The summed E-state index contributed by atoms with van der Waals surface area (Å²) in [7, 11) is 0. The van der Waals surface area contributed by atoms with Gasteiger partial charge in [-0.05, 0) is 19.4 Å². The van der Waals surface area contributed by atoms with E-state index >= 15 is 0 Å². The summed E-state index contributed by atoms with van der Waals surface area (Å²) < 4.78 is 5.48. The lowest BCUT2D eigenvalue weighted by Gasteiger charge is -2.45. The molecular weight excluding hydrogens is 180 g/mol. The lowest BCUT2D eigenvalue weighted by atomic mass is 9.83. The molecule has 3 nitrogen and oxygen atoms in total. The molecule has 1 heterocycles. The van der Waals surface area contributed by atoms with Crippen molar-refractivity contribution in [3.8, 4) is 0 Å². The summed E-state index contributed by atoms with van der Waals surface area (Å²) in [6, 6.07) is 0. The van der Waals surface area contributed by atoms with Gasteiger partial charge >= 0.3 is 0 Å². The average Bonchev–Trinajstić information content (AvgIpc) is 2.10. The normalized spacial score (nSPS) is 38.4. The molecule has 82 valence electrons. The van der Waals surface area contributed by atoms with E-state index in [2.05, 4.69) is 0 Å². The van der Waals surface area contributed by atoms with Crippen LogP contribution in [0.5, 0.6) is 0 Å². The van der Waals surface area contributed by atoms with Gasteiger partial charge in [0.1, 0.15) is 5.60 Å². The van der Waals surface area contributed by atoms with Gasteiger partial charge in [-0.1, -0.05) is 13.8 Å². The molecule has 0 saturated carbocycles. The second kappa shape index (κ2) is 3.55. The molecule has 1 rings (SSSR count). The molecule has 2 unspecified atom stereocenters. The largest absolute Gasteiger partial charge is 0.464 e. The maximum absolute atomic E-state index is 10.1. The summed E-state index contributed by atoms with van der Waals surface area (Å²) in [6.45, 7) is 7.34. The van der Waals surface area contributed by atoms with Crippen LogP contribution in [0.1, 0.15) is 47.0 Å². The zero-order chi connectivity index (χ0) is 11.0. The lowest BCUT2D eigenvalue weighted by Crippen LogP contribution is -2.55. The van der Waals surface area contributed by atoms with E-state index in [0.29, 0.717) is 12.8 Å². The van der Waals surface area contributed by atoms with Gasteiger partial charge in [0.2, 0.25) is 5.79 Å². The summed E-state index contributed by atoms with van der Waals surface area (Å²) in [5.41, 5.74) is -0.166. The highest BCUT2D eigenvalue weighted by Gasteiger charge is 2.50. The lowest BCUT2D eigenvalue weighted by molar-refractivity contribution is -0.288. The molecular formula is C11H20O3. The summed E-state index contributed by atoms with van der Waals surface area (Å²) in [5.74, 6) is -0.626. The first-order valence-corrected chi connectivity index (χ1v) is 5.18. The molecule has 2 N–H and O–H groups in total. The Morgan fingerprint density at radius 1 is 1.36 bits per heavy atom. The number of aliphatic hydroxyl groups is 2. The SMILES string of the molecule is CCC1=C(C)CC(C)(O)C(O)(CC)O1. The predicted molar refractivity (Wildman–Crippen MR) is 54.6 cm³/mol. The highest BCUT2D eigenvalue weighted by atomic mass is 16.6. The third-order valence-corrected chi connectivity index (χ3v) is 3.02. The third-order valence-electron chi connectivity index (χ3n) is 3.02. The van der Waals surface area contributed by atoms with Gasteiger partial charge in [0.05, 0.1) is 5.76 Å². The summed E-state index contributed by atoms with van der Waals surface area (Å²) >= 11 is 0. The van der Waals surface area contributed by atoms with Crippen molar-refractivity contribution in [3.05, 3.63) is 11.3 Å². The maximum Gasteiger partial charge on any atom is 0.236 e. The zero-order valence-electron chi connectivity index (χ0n) is 9.42. The second-order valence-corrected chi connectivity index (χ2v) is 4.25. The first kappa shape index (κ1) is 11.5. The van der Waals surface area contributed by atoms with Gasteiger partial charge < -0.3 is 14.9 Å². The standard InChI is InChI=1S/C11H20O3/c1-5-9-8(3)7-10(4,12)11(13,6-2)14-9/h12-13H,5-7H2,1-4H3. The van der Waals surface area contributed by atoms with Gasteiger partial charge in [0, 0.05) is 19.3 Å². The zero-order valence-corrected chi connectivity index (χ0v) is 9.42.